The lowest BCUT2D eigenvalue weighted by atomic mass is 10.0. The van der Waals surface area contributed by atoms with Crippen molar-refractivity contribution in [1.29, 1.82) is 0 Å². The summed E-state index contributed by atoms with van der Waals surface area (Å²) in [4.78, 5) is 15.1. The Morgan fingerprint density at radius 1 is 1.00 bits per heavy atom. The highest BCUT2D eigenvalue weighted by Crippen LogP contribution is 2.43. The van der Waals surface area contributed by atoms with Gasteiger partial charge in [-0.15, -0.1) is 0 Å². The number of nitrogens with one attached hydrogen (secondary N) is 1. The number of phenolic OH excluding ortho intramolecular Hbond substituents is 1. The first kappa shape index (κ1) is 19.0. The molecule has 3 aromatic rings. The quantitative estimate of drug-likeness (QED) is 0.644. The summed E-state index contributed by atoms with van der Waals surface area (Å²) in [6.07, 6.45) is -0.597. The fourth-order valence-electron chi connectivity index (χ4n) is 3.47. The summed E-state index contributed by atoms with van der Waals surface area (Å²) in [7, 11) is 3.01. The molecule has 0 radical (unpaired) electrons. The Kier molecular flexibility index (Phi) is 4.94. The smallest absolute Gasteiger partial charge is 0.262 e. The van der Waals surface area contributed by atoms with E-state index in [2.05, 4.69) is 5.32 Å². The van der Waals surface area contributed by atoms with Gasteiger partial charge in [0.05, 0.1) is 30.5 Å². The van der Waals surface area contributed by atoms with Crippen LogP contribution < -0.4 is 19.7 Å². The van der Waals surface area contributed by atoms with Crippen molar-refractivity contribution >= 4 is 28.9 Å². The summed E-state index contributed by atoms with van der Waals surface area (Å²) in [6.45, 7) is 0. The minimum Gasteiger partial charge on any atom is -0.503 e. The number of para-hydroxylation sites is 3. The molecule has 4 rings (SSSR count). The lowest BCUT2D eigenvalue weighted by Crippen LogP contribution is -2.43. The molecule has 1 atom stereocenters. The molecule has 0 spiro atoms. The highest BCUT2D eigenvalue weighted by atomic mass is 35.5. The number of halogens is 1. The first-order chi connectivity index (χ1) is 14.0. The van der Waals surface area contributed by atoms with Crippen LogP contribution in [0.2, 0.25) is 5.02 Å². The molecule has 1 amide bonds. The van der Waals surface area contributed by atoms with E-state index in [0.717, 1.165) is 0 Å². The molecule has 0 aliphatic carbocycles. The van der Waals surface area contributed by atoms with Crippen molar-refractivity contribution in [3.05, 3.63) is 76.8 Å². The first-order valence-corrected chi connectivity index (χ1v) is 9.31. The van der Waals surface area contributed by atoms with Gasteiger partial charge in [-0.3, -0.25) is 9.69 Å². The van der Waals surface area contributed by atoms with Crippen LogP contribution in [0.1, 0.15) is 22.1 Å². The molecule has 1 aliphatic heterocycles. The van der Waals surface area contributed by atoms with E-state index in [1.807, 2.05) is 36.4 Å². The summed E-state index contributed by atoms with van der Waals surface area (Å²) in [5.74, 6) is 0.450. The number of carbonyl (C=O) groups excluding carboxylic acids is 1. The van der Waals surface area contributed by atoms with Gasteiger partial charge < -0.3 is 19.9 Å². The first-order valence-electron chi connectivity index (χ1n) is 8.93. The number of aromatic hydroxyl groups is 1. The maximum atomic E-state index is 13.5. The van der Waals surface area contributed by atoms with E-state index in [-0.39, 0.29) is 22.4 Å². The van der Waals surface area contributed by atoms with Crippen molar-refractivity contribution in [2.24, 2.45) is 0 Å². The van der Waals surface area contributed by atoms with E-state index in [4.69, 9.17) is 21.1 Å². The normalized spacial score (nSPS) is 15.5. The zero-order valence-corrected chi connectivity index (χ0v) is 16.6. The summed E-state index contributed by atoms with van der Waals surface area (Å²) in [5, 5.41) is 13.6. The van der Waals surface area contributed by atoms with E-state index in [1.54, 1.807) is 36.3 Å². The molecular formula is C22H19ClN2O4. The number of methoxy groups -OCH3 is 2. The Morgan fingerprint density at radius 2 is 1.69 bits per heavy atom. The predicted molar refractivity (Wildman–Crippen MR) is 112 cm³/mol. The molecule has 3 aromatic carbocycles. The number of amides is 1. The molecule has 0 saturated heterocycles. The third-order valence-electron chi connectivity index (χ3n) is 4.86. The van der Waals surface area contributed by atoms with E-state index in [1.165, 1.54) is 7.11 Å². The lowest BCUT2D eigenvalue weighted by molar-refractivity contribution is 0.0974. The van der Waals surface area contributed by atoms with Crippen LogP contribution in [0.15, 0.2) is 60.7 Å². The van der Waals surface area contributed by atoms with Crippen LogP contribution in [0.3, 0.4) is 0 Å². The summed E-state index contributed by atoms with van der Waals surface area (Å²) in [5.41, 5.74) is 2.51. The summed E-state index contributed by atoms with van der Waals surface area (Å²) in [6, 6.07) is 17.9. The van der Waals surface area contributed by atoms with E-state index < -0.39 is 6.17 Å². The van der Waals surface area contributed by atoms with Crippen LogP contribution in [0.5, 0.6) is 17.2 Å². The van der Waals surface area contributed by atoms with Gasteiger partial charge in [-0.05, 0) is 36.4 Å². The third kappa shape index (κ3) is 3.21. The molecule has 1 aliphatic rings. The second-order valence-corrected chi connectivity index (χ2v) is 6.90. The third-order valence-corrected chi connectivity index (χ3v) is 5.15. The van der Waals surface area contributed by atoms with Gasteiger partial charge in [-0.2, -0.15) is 0 Å². The minimum atomic E-state index is -0.597. The molecule has 0 fully saturated rings. The molecule has 1 heterocycles. The number of fused-ring (bicyclic) bond motifs is 1. The minimum absolute atomic E-state index is 0.132. The van der Waals surface area contributed by atoms with Gasteiger partial charge in [-0.25, -0.2) is 0 Å². The lowest BCUT2D eigenvalue weighted by Gasteiger charge is -2.38. The number of nitrogens with zero attached hydrogens (tertiary/aromatic N) is 1. The standard InChI is InChI=1S/C22H19ClN2O4/c1-28-18-10-6-5-9-17(18)25-21(13-11-15(23)20(26)19(12-13)29-2)24-16-8-4-3-7-14(16)22(25)27/h3-12,21,24,26H,1-2H3/t21-/m1/s1. The monoisotopic (exact) mass is 410 g/mol. The molecule has 0 saturated carbocycles. The zero-order chi connectivity index (χ0) is 20.5. The Morgan fingerprint density at radius 3 is 2.45 bits per heavy atom. The second-order valence-electron chi connectivity index (χ2n) is 6.49. The summed E-state index contributed by atoms with van der Waals surface area (Å²) < 4.78 is 10.7. The molecule has 2 N–H and O–H groups in total. The summed E-state index contributed by atoms with van der Waals surface area (Å²) >= 11 is 6.22. The Labute approximate surface area is 173 Å². The molecule has 7 heteroatoms. The number of rotatable bonds is 4. The maximum Gasteiger partial charge on any atom is 0.262 e. The SMILES string of the molecule is COc1ccccc1N1C(=O)c2ccccc2N[C@H]1c1cc(Cl)c(O)c(OC)c1. The van der Waals surface area contributed by atoms with Crippen LogP contribution in [0.25, 0.3) is 0 Å². The highest BCUT2D eigenvalue weighted by molar-refractivity contribution is 6.32. The fourth-order valence-corrected chi connectivity index (χ4v) is 3.69. The van der Waals surface area contributed by atoms with Gasteiger partial charge in [0.25, 0.3) is 5.91 Å². The van der Waals surface area contributed by atoms with Crippen LogP contribution in [0.4, 0.5) is 11.4 Å². The van der Waals surface area contributed by atoms with Crippen molar-refractivity contribution in [3.63, 3.8) is 0 Å². The van der Waals surface area contributed by atoms with Gasteiger partial charge in [0.15, 0.2) is 11.5 Å². The van der Waals surface area contributed by atoms with Crippen LogP contribution in [-0.4, -0.2) is 25.2 Å². The molecule has 29 heavy (non-hydrogen) atoms. The number of benzene rings is 3. The average molecular weight is 411 g/mol. The topological polar surface area (TPSA) is 71.0 Å². The maximum absolute atomic E-state index is 13.5. The Hall–Kier alpha value is -3.38. The van der Waals surface area contributed by atoms with Gasteiger partial charge in [-0.1, -0.05) is 35.9 Å². The number of anilines is 2. The van der Waals surface area contributed by atoms with Gasteiger partial charge in [0.1, 0.15) is 11.9 Å². The van der Waals surface area contributed by atoms with Crippen molar-refractivity contribution < 1.29 is 19.4 Å². The van der Waals surface area contributed by atoms with Gasteiger partial charge in [0.2, 0.25) is 0 Å². The fraction of sp³-hybridized carbons (Fsp3) is 0.136. The van der Waals surface area contributed by atoms with Crippen molar-refractivity contribution in [1.82, 2.24) is 0 Å². The van der Waals surface area contributed by atoms with Gasteiger partial charge >= 0.3 is 0 Å². The molecule has 6 nitrogen and oxygen atoms in total. The van der Waals surface area contributed by atoms with E-state index >= 15 is 0 Å². The van der Waals surface area contributed by atoms with Crippen molar-refractivity contribution in [3.8, 4) is 17.2 Å². The molecule has 0 bridgehead atoms. The van der Waals surface area contributed by atoms with Crippen molar-refractivity contribution in [2.45, 2.75) is 6.17 Å². The Balaban J connectivity index is 1.93. The average Bonchev–Trinajstić information content (AvgIpc) is 2.75. The van der Waals surface area contributed by atoms with Crippen molar-refractivity contribution in [2.75, 3.05) is 24.4 Å². The second kappa shape index (κ2) is 7.56. The number of hydrogen-bond acceptors (Lipinski definition) is 5. The molecule has 0 aromatic heterocycles. The molecule has 0 unspecified atom stereocenters. The molecular weight excluding hydrogens is 392 g/mol. The molecule has 148 valence electrons. The highest BCUT2D eigenvalue weighted by Gasteiger charge is 2.36. The number of hydrogen-bond donors (Lipinski definition) is 2. The zero-order valence-electron chi connectivity index (χ0n) is 15.8. The Bertz CT molecular complexity index is 1090. The van der Waals surface area contributed by atoms with E-state index in [9.17, 15) is 9.90 Å². The van der Waals surface area contributed by atoms with Gasteiger partial charge in [0, 0.05) is 11.3 Å². The number of ether oxygens (including phenoxy) is 2. The van der Waals surface area contributed by atoms with Crippen LogP contribution >= 0.6 is 11.6 Å². The predicted octanol–water partition coefficient (Wildman–Crippen LogP) is 4.83. The number of phenols is 1. The largest absolute Gasteiger partial charge is 0.503 e. The van der Waals surface area contributed by atoms with Crippen LogP contribution in [0, 0.1) is 0 Å². The van der Waals surface area contributed by atoms with Crippen LogP contribution in [-0.2, 0) is 0 Å². The van der Waals surface area contributed by atoms with E-state index in [0.29, 0.717) is 28.3 Å². The number of carbonyl (C=O) groups is 1.